The first kappa shape index (κ1) is 20.8. The quantitative estimate of drug-likeness (QED) is 0.766. The molecule has 0 heterocycles. The Bertz CT molecular complexity index is 919. The summed E-state index contributed by atoms with van der Waals surface area (Å²) >= 11 is 0. The zero-order valence-electron chi connectivity index (χ0n) is 14.3. The summed E-state index contributed by atoms with van der Waals surface area (Å²) in [6.07, 6.45) is -4.54. The highest BCUT2D eigenvalue weighted by Crippen LogP contribution is 2.33. The first-order valence-corrected chi connectivity index (χ1v) is 9.54. The molecule has 0 saturated heterocycles. The van der Waals surface area contributed by atoms with Crippen molar-refractivity contribution in [1.29, 1.82) is 0 Å². The van der Waals surface area contributed by atoms with E-state index in [0.717, 1.165) is 18.2 Å². The maximum atomic E-state index is 13.0. The van der Waals surface area contributed by atoms with Crippen LogP contribution in [0.5, 0.6) is 5.75 Å². The van der Waals surface area contributed by atoms with Gasteiger partial charge in [-0.05, 0) is 41.5 Å². The zero-order chi connectivity index (χ0) is 20.2. The molecule has 0 saturated carbocycles. The van der Waals surface area contributed by atoms with Crippen LogP contribution in [-0.4, -0.2) is 31.9 Å². The molecule has 0 bridgehead atoms. The Hall–Kier alpha value is -2.55. The number of benzene rings is 2. The number of halogens is 3. The molecule has 27 heavy (non-hydrogen) atoms. The minimum absolute atomic E-state index is 0.0192. The van der Waals surface area contributed by atoms with Gasteiger partial charge in [0.15, 0.2) is 16.4 Å². The van der Waals surface area contributed by atoms with Gasteiger partial charge in [-0.25, -0.2) is 13.2 Å². The second-order valence-electron chi connectivity index (χ2n) is 5.73. The number of sulfone groups is 1. The summed E-state index contributed by atoms with van der Waals surface area (Å²) in [4.78, 5) is 10.8. The Labute approximate surface area is 154 Å². The third-order valence-electron chi connectivity index (χ3n) is 3.80. The Balaban J connectivity index is 2.35. The van der Waals surface area contributed by atoms with Crippen molar-refractivity contribution in [2.45, 2.75) is 24.4 Å². The van der Waals surface area contributed by atoms with Crippen molar-refractivity contribution in [3.05, 3.63) is 59.2 Å². The van der Waals surface area contributed by atoms with E-state index in [1.807, 2.05) is 0 Å². The average Bonchev–Trinajstić information content (AvgIpc) is 2.60. The molecule has 0 unspecified atom stereocenters. The van der Waals surface area contributed by atoms with Gasteiger partial charge in [0.2, 0.25) is 0 Å². The van der Waals surface area contributed by atoms with Crippen LogP contribution >= 0.6 is 0 Å². The van der Waals surface area contributed by atoms with Crippen molar-refractivity contribution in [2.75, 3.05) is 12.4 Å². The van der Waals surface area contributed by atoms with E-state index < -0.39 is 34.2 Å². The first-order valence-electron chi connectivity index (χ1n) is 7.89. The number of carboxylic acids is 1. The van der Waals surface area contributed by atoms with E-state index in [1.54, 1.807) is 0 Å². The largest absolute Gasteiger partial charge is 0.482 e. The molecule has 146 valence electrons. The van der Waals surface area contributed by atoms with Crippen LogP contribution in [0.3, 0.4) is 0 Å². The first-order chi connectivity index (χ1) is 12.5. The molecular weight excluding hydrogens is 385 g/mol. The van der Waals surface area contributed by atoms with Crippen molar-refractivity contribution in [1.82, 2.24) is 0 Å². The Morgan fingerprint density at radius 2 is 1.74 bits per heavy atom. The normalized spacial score (nSPS) is 12.0. The molecular formula is C18H17F3O5S. The molecule has 0 amide bonds. The third-order valence-corrected chi connectivity index (χ3v) is 5.55. The molecule has 1 N–H and O–H groups in total. The van der Waals surface area contributed by atoms with E-state index >= 15 is 0 Å². The summed E-state index contributed by atoms with van der Waals surface area (Å²) in [6.45, 7) is 0.823. The van der Waals surface area contributed by atoms with Gasteiger partial charge in [-0.3, -0.25) is 0 Å². The second kappa shape index (κ2) is 7.99. The molecule has 2 aromatic carbocycles. The summed E-state index contributed by atoms with van der Waals surface area (Å²) in [5.74, 6) is -1.29. The van der Waals surface area contributed by atoms with Gasteiger partial charge in [0.25, 0.3) is 0 Å². The summed E-state index contributed by atoms with van der Waals surface area (Å²) in [5.41, 5.74) is -0.174. The lowest BCUT2D eigenvalue weighted by atomic mass is 10.0. The number of ether oxygens (including phenoxy) is 1. The highest BCUT2D eigenvalue weighted by atomic mass is 32.2. The molecule has 0 fully saturated rings. The fourth-order valence-corrected chi connectivity index (χ4v) is 3.26. The molecule has 0 aliphatic heterocycles. The van der Waals surface area contributed by atoms with Gasteiger partial charge >= 0.3 is 12.1 Å². The van der Waals surface area contributed by atoms with Gasteiger partial charge in [-0.15, -0.1) is 0 Å². The minimum atomic E-state index is -4.56. The number of alkyl halides is 3. The monoisotopic (exact) mass is 402 g/mol. The maximum absolute atomic E-state index is 13.0. The number of aliphatic carboxylic acids is 1. The number of carbonyl (C=O) groups is 1. The van der Waals surface area contributed by atoms with Crippen molar-refractivity contribution in [2.24, 2.45) is 0 Å². The lowest BCUT2D eigenvalue weighted by Crippen LogP contribution is -2.12. The molecule has 2 aromatic rings. The van der Waals surface area contributed by atoms with E-state index in [0.29, 0.717) is 5.56 Å². The molecule has 0 aliphatic carbocycles. The fourth-order valence-electron chi connectivity index (χ4n) is 2.38. The summed E-state index contributed by atoms with van der Waals surface area (Å²) in [7, 11) is -3.38. The summed E-state index contributed by atoms with van der Waals surface area (Å²) in [5, 5.41) is 8.71. The van der Waals surface area contributed by atoms with E-state index in [4.69, 9.17) is 9.84 Å². The maximum Gasteiger partial charge on any atom is 0.416 e. The molecule has 2 rings (SSSR count). The number of rotatable bonds is 7. The Morgan fingerprint density at radius 1 is 1.11 bits per heavy atom. The fraction of sp³-hybridized carbons (Fsp3) is 0.278. The van der Waals surface area contributed by atoms with Crippen molar-refractivity contribution >= 4 is 15.8 Å². The molecule has 0 aliphatic rings. The van der Waals surface area contributed by atoms with Gasteiger partial charge in [0.05, 0.1) is 16.2 Å². The van der Waals surface area contributed by atoms with Gasteiger partial charge < -0.3 is 9.84 Å². The van der Waals surface area contributed by atoms with Crippen LogP contribution in [-0.2, 0) is 27.2 Å². The molecule has 9 heteroatoms. The molecule has 0 atom stereocenters. The second-order valence-corrected chi connectivity index (χ2v) is 8.01. The van der Waals surface area contributed by atoms with E-state index in [9.17, 15) is 26.4 Å². The van der Waals surface area contributed by atoms with Crippen molar-refractivity contribution in [3.8, 4) is 5.75 Å². The van der Waals surface area contributed by atoms with Crippen LogP contribution in [0.15, 0.2) is 47.4 Å². The van der Waals surface area contributed by atoms with Gasteiger partial charge in [-0.1, -0.05) is 19.1 Å². The lowest BCUT2D eigenvalue weighted by Gasteiger charge is -2.14. The van der Waals surface area contributed by atoms with Crippen molar-refractivity contribution < 1.29 is 36.2 Å². The van der Waals surface area contributed by atoms with Crippen LogP contribution < -0.4 is 4.74 Å². The Morgan fingerprint density at radius 3 is 2.26 bits per heavy atom. The van der Waals surface area contributed by atoms with Gasteiger partial charge in [-0.2, -0.15) is 13.2 Å². The minimum Gasteiger partial charge on any atom is -0.482 e. The molecule has 5 nitrogen and oxygen atoms in total. The van der Waals surface area contributed by atoms with Crippen molar-refractivity contribution in [3.63, 3.8) is 0 Å². The summed E-state index contributed by atoms with van der Waals surface area (Å²) in [6, 6.07) is 8.58. The standard InChI is InChI=1S/C18H17F3O5S/c1-2-27(24,25)15-6-3-12(4-7-15)9-13-10-14(18(19,20)21)5-8-16(13)26-11-17(22)23/h3-8,10H,2,9,11H2,1H3,(H,22,23). The van der Waals surface area contributed by atoms with E-state index in [-0.39, 0.29) is 28.4 Å². The smallest absolute Gasteiger partial charge is 0.416 e. The van der Waals surface area contributed by atoms with Crippen LogP contribution in [0.1, 0.15) is 23.6 Å². The number of hydrogen-bond acceptors (Lipinski definition) is 4. The van der Waals surface area contributed by atoms with E-state index in [2.05, 4.69) is 0 Å². The van der Waals surface area contributed by atoms with Crippen LogP contribution in [0.25, 0.3) is 0 Å². The topological polar surface area (TPSA) is 80.7 Å². The zero-order valence-corrected chi connectivity index (χ0v) is 15.1. The molecule has 0 radical (unpaired) electrons. The summed E-state index contributed by atoms with van der Waals surface area (Å²) < 4.78 is 67.6. The number of carboxylic acid groups (broad SMARTS) is 1. The number of hydrogen-bond donors (Lipinski definition) is 1. The predicted molar refractivity (Wildman–Crippen MR) is 91.5 cm³/mol. The van der Waals surface area contributed by atoms with E-state index in [1.165, 1.54) is 31.2 Å². The third kappa shape index (κ3) is 5.46. The van der Waals surface area contributed by atoms with Gasteiger partial charge in [0, 0.05) is 6.42 Å². The SMILES string of the molecule is CCS(=O)(=O)c1ccc(Cc2cc(C(F)(F)F)ccc2OCC(=O)O)cc1. The van der Waals surface area contributed by atoms with Crippen LogP contribution in [0.4, 0.5) is 13.2 Å². The molecule has 0 aromatic heterocycles. The molecule has 0 spiro atoms. The highest BCUT2D eigenvalue weighted by molar-refractivity contribution is 7.91. The Kier molecular flexibility index (Phi) is 6.15. The lowest BCUT2D eigenvalue weighted by molar-refractivity contribution is -0.140. The average molecular weight is 402 g/mol. The van der Waals surface area contributed by atoms with Crippen LogP contribution in [0.2, 0.25) is 0 Å². The predicted octanol–water partition coefficient (Wildman–Crippen LogP) is 3.55. The van der Waals surface area contributed by atoms with Gasteiger partial charge in [0.1, 0.15) is 5.75 Å². The van der Waals surface area contributed by atoms with Crippen LogP contribution in [0, 0.1) is 0 Å². The highest BCUT2D eigenvalue weighted by Gasteiger charge is 2.31.